The van der Waals surface area contributed by atoms with Crippen molar-refractivity contribution in [3.8, 4) is 28.8 Å². The van der Waals surface area contributed by atoms with Crippen LogP contribution >= 0.6 is 0 Å². The van der Waals surface area contributed by atoms with Crippen molar-refractivity contribution in [2.24, 2.45) is 13.0 Å². The second kappa shape index (κ2) is 15.1. The zero-order valence-corrected chi connectivity index (χ0v) is 30.2. The number of aromatic nitrogens is 4. The second-order valence-corrected chi connectivity index (χ2v) is 13.7. The fraction of sp³-hybridized carbons (Fsp3) is 0.316. The zero-order valence-electron chi connectivity index (χ0n) is 28.6. The van der Waals surface area contributed by atoms with Crippen LogP contribution in [0.1, 0.15) is 52.7 Å². The van der Waals surface area contributed by atoms with Gasteiger partial charge in [-0.15, -0.1) is 0 Å². The maximum atomic E-state index is 14.2. The number of benzene rings is 3. The van der Waals surface area contributed by atoms with E-state index in [1.165, 1.54) is 40.3 Å². The number of nitrogens with zero attached hydrogens (tertiary/aromatic N) is 6. The summed E-state index contributed by atoms with van der Waals surface area (Å²) in [6, 6.07) is 25.0. The monoisotopic (exact) mass is 761 g/mol. The Hall–Kier alpha value is -4.93. The normalized spacial score (nSPS) is 16.3. The quantitative estimate of drug-likeness (QED) is 0.233. The maximum Gasteiger partial charge on any atom is 0.416 e. The summed E-state index contributed by atoms with van der Waals surface area (Å²) in [4.78, 5) is 28.3. The predicted octanol–water partition coefficient (Wildman–Crippen LogP) is 3.49. The first-order valence-corrected chi connectivity index (χ1v) is 16.6. The van der Waals surface area contributed by atoms with Crippen molar-refractivity contribution in [3.63, 3.8) is 0 Å². The van der Waals surface area contributed by atoms with Crippen LogP contribution in [0.25, 0.3) is 22.8 Å². The highest BCUT2D eigenvalue weighted by Crippen LogP contribution is 2.32. The molecule has 1 N–H and O–H groups in total. The molecule has 0 bridgehead atoms. The molecule has 5 aromatic rings. The standard InChI is InChI=1S/C38H38F3N7O2.BrH/c1-45-35(33-20-21-43-46(33)31-18-14-26(23-42)15-19-31)34(37(50)47(45)32-11-7-10-29(22-32)38(39,40)41)36(49)44-30-16-12-28(13-17-30)25-48(2,3)24-27-8-5-4-6-9-27;/h4-11,14-15,18-22,28,30H,12-13,16-17,24-25H2,1-3H3;1H. The van der Waals surface area contributed by atoms with E-state index in [1.807, 2.05) is 6.07 Å². The van der Waals surface area contributed by atoms with Crippen molar-refractivity contribution in [1.82, 2.24) is 24.5 Å². The molecular weight excluding hydrogens is 723 g/mol. The molecule has 0 atom stereocenters. The van der Waals surface area contributed by atoms with E-state index in [4.69, 9.17) is 0 Å². The van der Waals surface area contributed by atoms with Gasteiger partial charge in [0, 0.05) is 24.6 Å². The van der Waals surface area contributed by atoms with E-state index in [1.54, 1.807) is 30.3 Å². The largest absolute Gasteiger partial charge is 1.00 e. The highest BCUT2D eigenvalue weighted by molar-refractivity contribution is 6.00. The van der Waals surface area contributed by atoms with Crippen molar-refractivity contribution in [3.05, 3.63) is 124 Å². The molecule has 266 valence electrons. The molecule has 1 aliphatic rings. The lowest BCUT2D eigenvalue weighted by Crippen LogP contribution is -3.00. The number of quaternary nitrogens is 1. The molecule has 2 aromatic heterocycles. The summed E-state index contributed by atoms with van der Waals surface area (Å²) in [5.74, 6) is -0.114. The Morgan fingerprint density at radius 2 is 1.65 bits per heavy atom. The molecule has 2 heterocycles. The number of nitrogens with one attached hydrogen (secondary N) is 1. The number of amides is 1. The van der Waals surface area contributed by atoms with E-state index < -0.39 is 23.2 Å². The van der Waals surface area contributed by atoms with E-state index in [-0.39, 0.29) is 40.0 Å². The van der Waals surface area contributed by atoms with E-state index >= 15 is 0 Å². The summed E-state index contributed by atoms with van der Waals surface area (Å²) in [5.41, 5.74) is 0.986. The molecule has 0 spiro atoms. The van der Waals surface area contributed by atoms with E-state index in [2.05, 4.69) is 54.8 Å². The topological polar surface area (TPSA) is 97.6 Å². The summed E-state index contributed by atoms with van der Waals surface area (Å²) >= 11 is 0. The summed E-state index contributed by atoms with van der Waals surface area (Å²) < 4.78 is 46.0. The van der Waals surface area contributed by atoms with E-state index in [0.717, 1.165) is 60.1 Å². The summed E-state index contributed by atoms with van der Waals surface area (Å²) in [5, 5.41) is 16.8. The van der Waals surface area contributed by atoms with Gasteiger partial charge in [0.2, 0.25) is 0 Å². The highest BCUT2D eigenvalue weighted by atomic mass is 79.9. The first-order chi connectivity index (χ1) is 23.8. The molecule has 0 saturated heterocycles. The summed E-state index contributed by atoms with van der Waals surface area (Å²) in [6.45, 7) is 1.92. The fourth-order valence-electron chi connectivity index (χ4n) is 7.16. The Kier molecular flexibility index (Phi) is 11.1. The number of hydrogen-bond donors (Lipinski definition) is 1. The molecule has 1 saturated carbocycles. The van der Waals surface area contributed by atoms with Crippen LogP contribution in [-0.4, -0.2) is 56.2 Å². The van der Waals surface area contributed by atoms with Gasteiger partial charge < -0.3 is 26.8 Å². The van der Waals surface area contributed by atoms with Crippen molar-refractivity contribution in [2.45, 2.75) is 44.4 Å². The Morgan fingerprint density at radius 1 is 0.961 bits per heavy atom. The highest BCUT2D eigenvalue weighted by Gasteiger charge is 2.34. The lowest BCUT2D eigenvalue weighted by Gasteiger charge is -2.36. The van der Waals surface area contributed by atoms with Crippen molar-refractivity contribution >= 4 is 5.91 Å². The molecule has 0 radical (unpaired) electrons. The summed E-state index contributed by atoms with van der Waals surface area (Å²) in [6.07, 6.45) is 0.215. The van der Waals surface area contributed by atoms with Crippen molar-refractivity contribution in [1.29, 1.82) is 5.26 Å². The Morgan fingerprint density at radius 3 is 2.29 bits per heavy atom. The minimum absolute atomic E-state index is 0. The van der Waals surface area contributed by atoms with Gasteiger partial charge in [-0.2, -0.15) is 23.5 Å². The van der Waals surface area contributed by atoms with Gasteiger partial charge in [0.15, 0.2) is 0 Å². The van der Waals surface area contributed by atoms with Crippen LogP contribution in [0.5, 0.6) is 0 Å². The molecule has 6 rings (SSSR count). The van der Waals surface area contributed by atoms with Crippen LogP contribution in [0.15, 0.2) is 95.9 Å². The molecule has 1 amide bonds. The third-order valence-electron chi connectivity index (χ3n) is 9.43. The number of nitriles is 1. The SMILES string of the molecule is Cn1c(-c2ccnn2-c2ccc(C#N)cc2)c(C(=O)NC2CCC(C[N+](C)(C)Cc3ccccc3)CC2)c(=O)n1-c1cccc(C(F)(F)F)c1.[Br-]. The molecule has 9 nitrogen and oxygen atoms in total. The zero-order chi connectivity index (χ0) is 35.6. The van der Waals surface area contributed by atoms with Crippen LogP contribution in [0, 0.1) is 17.2 Å². The van der Waals surface area contributed by atoms with Crippen LogP contribution < -0.4 is 27.9 Å². The first kappa shape index (κ1) is 37.3. The van der Waals surface area contributed by atoms with Crippen LogP contribution in [0.2, 0.25) is 0 Å². The van der Waals surface area contributed by atoms with E-state index in [0.29, 0.717) is 22.9 Å². The molecule has 1 aliphatic carbocycles. The fourth-order valence-corrected chi connectivity index (χ4v) is 7.16. The minimum Gasteiger partial charge on any atom is -1.00 e. The van der Waals surface area contributed by atoms with Gasteiger partial charge in [-0.3, -0.25) is 14.3 Å². The molecule has 0 aliphatic heterocycles. The number of carbonyl (C=O) groups is 1. The second-order valence-electron chi connectivity index (χ2n) is 13.7. The Bertz CT molecular complexity index is 2090. The van der Waals surface area contributed by atoms with Crippen molar-refractivity contribution in [2.75, 3.05) is 20.6 Å². The number of alkyl halides is 3. The lowest BCUT2D eigenvalue weighted by atomic mass is 9.85. The van der Waals surface area contributed by atoms with Crippen molar-refractivity contribution < 1.29 is 39.4 Å². The van der Waals surface area contributed by atoms with Gasteiger partial charge in [-0.1, -0.05) is 36.4 Å². The average molecular weight is 763 g/mol. The number of rotatable bonds is 9. The minimum atomic E-state index is -4.63. The number of carbonyl (C=O) groups excluding carboxylic acids is 1. The van der Waals surface area contributed by atoms with Gasteiger partial charge >= 0.3 is 6.18 Å². The first-order valence-electron chi connectivity index (χ1n) is 16.6. The average Bonchev–Trinajstić information content (AvgIpc) is 3.67. The Labute approximate surface area is 304 Å². The third-order valence-corrected chi connectivity index (χ3v) is 9.43. The van der Waals surface area contributed by atoms with Crippen LogP contribution in [0.4, 0.5) is 13.2 Å². The van der Waals surface area contributed by atoms with Gasteiger partial charge in [0.05, 0.1) is 61.1 Å². The lowest BCUT2D eigenvalue weighted by molar-refractivity contribution is -0.907. The third kappa shape index (κ3) is 8.18. The van der Waals surface area contributed by atoms with Gasteiger partial charge in [0.1, 0.15) is 17.8 Å². The summed E-state index contributed by atoms with van der Waals surface area (Å²) in [7, 11) is 6.00. The van der Waals surface area contributed by atoms with Gasteiger partial charge in [-0.25, -0.2) is 9.36 Å². The Balaban J connectivity index is 0.00000504. The number of halogens is 4. The van der Waals surface area contributed by atoms with Gasteiger partial charge in [-0.05, 0) is 74.2 Å². The van der Waals surface area contributed by atoms with Crippen LogP contribution in [-0.2, 0) is 19.8 Å². The van der Waals surface area contributed by atoms with Crippen LogP contribution in [0.3, 0.4) is 0 Å². The molecular formula is C38H39BrF3N7O2. The molecule has 0 unspecified atom stereocenters. The van der Waals surface area contributed by atoms with E-state index in [9.17, 15) is 28.0 Å². The predicted molar refractivity (Wildman–Crippen MR) is 184 cm³/mol. The van der Waals surface area contributed by atoms with Gasteiger partial charge in [0.25, 0.3) is 11.5 Å². The molecule has 51 heavy (non-hydrogen) atoms. The maximum absolute atomic E-state index is 14.2. The smallest absolute Gasteiger partial charge is 0.416 e. The molecule has 13 heteroatoms. The number of hydrogen-bond acceptors (Lipinski definition) is 4. The molecule has 3 aromatic carbocycles. The molecule has 1 fully saturated rings.